The van der Waals surface area contributed by atoms with Gasteiger partial charge in [0.05, 0.1) is 12.6 Å². The lowest BCUT2D eigenvalue weighted by atomic mass is 9.99. The molecule has 0 radical (unpaired) electrons. The number of anilines is 1. The predicted molar refractivity (Wildman–Crippen MR) is 123 cm³/mol. The Morgan fingerprint density at radius 3 is 2.57 bits per heavy atom. The third-order valence-corrected chi connectivity index (χ3v) is 6.01. The van der Waals surface area contributed by atoms with Crippen molar-refractivity contribution in [1.82, 2.24) is 4.90 Å². The molecule has 0 spiro atoms. The Labute approximate surface area is 200 Å². The molecule has 3 aromatic rings. The summed E-state index contributed by atoms with van der Waals surface area (Å²) in [6.07, 6.45) is -1.02. The molecule has 2 N–H and O–H groups in total. The Balaban J connectivity index is 1.27. The summed E-state index contributed by atoms with van der Waals surface area (Å²) in [4.78, 5) is 26.7. The molecule has 180 valence electrons. The Morgan fingerprint density at radius 1 is 1.06 bits per heavy atom. The van der Waals surface area contributed by atoms with Crippen LogP contribution in [0.3, 0.4) is 0 Å². The summed E-state index contributed by atoms with van der Waals surface area (Å²) in [5.74, 6) is 0.194. The number of morpholine rings is 1. The lowest BCUT2D eigenvalue weighted by molar-refractivity contribution is -0.155. The number of fused-ring (bicyclic) bond motifs is 1. The number of ether oxygens (including phenoxy) is 3. The minimum atomic E-state index is -1.02. The van der Waals surface area contributed by atoms with Gasteiger partial charge in [-0.25, -0.2) is 4.39 Å². The lowest BCUT2D eigenvalue weighted by Gasteiger charge is -2.38. The molecule has 1 saturated heterocycles. The molecule has 8 nitrogen and oxygen atoms in total. The number of carbonyl (C=O) groups is 2. The van der Waals surface area contributed by atoms with E-state index in [4.69, 9.17) is 14.2 Å². The van der Waals surface area contributed by atoms with Crippen LogP contribution in [0.15, 0.2) is 66.7 Å². The van der Waals surface area contributed by atoms with Gasteiger partial charge in [-0.3, -0.25) is 9.59 Å². The maximum Gasteiger partial charge on any atom is 0.255 e. The summed E-state index contributed by atoms with van der Waals surface area (Å²) >= 11 is 0. The van der Waals surface area contributed by atoms with Gasteiger partial charge in [-0.15, -0.1) is 0 Å². The molecule has 1 fully saturated rings. The highest BCUT2D eigenvalue weighted by Crippen LogP contribution is 2.33. The first-order valence-corrected chi connectivity index (χ1v) is 11.1. The van der Waals surface area contributed by atoms with E-state index in [1.165, 1.54) is 12.1 Å². The number of halogens is 1. The largest absolute Gasteiger partial charge is 0.454 e. The third-order valence-electron chi connectivity index (χ3n) is 6.01. The van der Waals surface area contributed by atoms with Crippen molar-refractivity contribution < 1.29 is 33.3 Å². The molecule has 9 heteroatoms. The van der Waals surface area contributed by atoms with Crippen LogP contribution >= 0.6 is 0 Å². The molecule has 2 atom stereocenters. The van der Waals surface area contributed by atoms with Crippen molar-refractivity contribution in [2.24, 2.45) is 0 Å². The van der Waals surface area contributed by atoms with Crippen LogP contribution in [0.4, 0.5) is 10.1 Å². The molecule has 2 aliphatic heterocycles. The van der Waals surface area contributed by atoms with Crippen molar-refractivity contribution in [2.45, 2.75) is 18.7 Å². The van der Waals surface area contributed by atoms with E-state index < -0.39 is 12.1 Å². The number of nitrogens with one attached hydrogen (secondary N) is 1. The fraction of sp³-hybridized carbons (Fsp3) is 0.231. The second-order valence-corrected chi connectivity index (χ2v) is 8.32. The van der Waals surface area contributed by atoms with Gasteiger partial charge in [0.2, 0.25) is 12.7 Å². The first kappa shape index (κ1) is 22.8. The van der Waals surface area contributed by atoms with Crippen LogP contribution in [0.5, 0.6) is 11.5 Å². The summed E-state index contributed by atoms with van der Waals surface area (Å²) in [5.41, 5.74) is 2.29. The summed E-state index contributed by atoms with van der Waals surface area (Å²) in [5, 5.41) is 13.9. The number of hydrogen-bond donors (Lipinski definition) is 2. The average Bonchev–Trinajstić information content (AvgIpc) is 3.34. The molecular weight excluding hydrogens is 455 g/mol. The van der Waals surface area contributed by atoms with Crippen LogP contribution in [0, 0.1) is 5.82 Å². The van der Waals surface area contributed by atoms with Gasteiger partial charge in [-0.05, 0) is 53.6 Å². The number of aliphatic hydroxyl groups is 1. The Hall–Kier alpha value is -3.95. The van der Waals surface area contributed by atoms with Gasteiger partial charge < -0.3 is 29.5 Å². The van der Waals surface area contributed by atoms with Gasteiger partial charge in [0.1, 0.15) is 18.5 Å². The van der Waals surface area contributed by atoms with Gasteiger partial charge in [0.25, 0.3) is 5.91 Å². The standard InChI is InChI=1S/C26H23FN2O6/c27-19-6-1-16(2-7-19)12-29-21(13-33-14-24(29)30)25(31)17-3-8-20(9-4-17)28-26(32)18-5-10-22-23(11-18)35-15-34-22/h1-11,21,25,31H,12-15H2,(H,28,32)/t21-,25-/m1/s1. The minimum absolute atomic E-state index is 0.0742. The quantitative estimate of drug-likeness (QED) is 0.565. The lowest BCUT2D eigenvalue weighted by Crippen LogP contribution is -2.51. The fourth-order valence-electron chi connectivity index (χ4n) is 4.11. The van der Waals surface area contributed by atoms with Crippen molar-refractivity contribution in [3.63, 3.8) is 0 Å². The van der Waals surface area contributed by atoms with Crippen molar-refractivity contribution in [3.8, 4) is 11.5 Å². The summed E-state index contributed by atoms with van der Waals surface area (Å²) in [6, 6.07) is 17.0. The minimum Gasteiger partial charge on any atom is -0.454 e. The zero-order valence-corrected chi connectivity index (χ0v) is 18.6. The highest BCUT2D eigenvalue weighted by Gasteiger charge is 2.34. The molecule has 0 unspecified atom stereocenters. The number of rotatable bonds is 6. The molecule has 2 aliphatic rings. The average molecular weight is 478 g/mol. The molecule has 0 bridgehead atoms. The van der Waals surface area contributed by atoms with Crippen molar-refractivity contribution in [3.05, 3.63) is 89.2 Å². The van der Waals surface area contributed by atoms with E-state index in [0.717, 1.165) is 5.56 Å². The number of aliphatic hydroxyl groups excluding tert-OH is 1. The molecule has 2 heterocycles. The molecule has 35 heavy (non-hydrogen) atoms. The van der Waals surface area contributed by atoms with E-state index in [9.17, 15) is 19.1 Å². The second-order valence-electron chi connectivity index (χ2n) is 8.32. The van der Waals surface area contributed by atoms with Crippen molar-refractivity contribution >= 4 is 17.5 Å². The van der Waals surface area contributed by atoms with E-state index >= 15 is 0 Å². The molecule has 0 aliphatic carbocycles. The zero-order chi connectivity index (χ0) is 24.4. The van der Waals surface area contributed by atoms with Gasteiger partial charge in [0.15, 0.2) is 11.5 Å². The van der Waals surface area contributed by atoms with E-state index in [1.54, 1.807) is 59.5 Å². The summed E-state index contributed by atoms with van der Waals surface area (Å²) in [7, 11) is 0. The molecular formula is C26H23FN2O6. The van der Waals surface area contributed by atoms with Crippen LogP contribution in [-0.2, 0) is 16.1 Å². The van der Waals surface area contributed by atoms with Gasteiger partial charge in [-0.2, -0.15) is 0 Å². The highest BCUT2D eigenvalue weighted by atomic mass is 19.1. The fourth-order valence-corrected chi connectivity index (χ4v) is 4.11. The molecule has 0 saturated carbocycles. The van der Waals surface area contributed by atoms with Crippen LogP contribution in [0.2, 0.25) is 0 Å². The van der Waals surface area contributed by atoms with Crippen molar-refractivity contribution in [2.75, 3.05) is 25.3 Å². The number of amides is 2. The number of nitrogens with zero attached hydrogens (tertiary/aromatic N) is 1. The van der Waals surface area contributed by atoms with Crippen LogP contribution < -0.4 is 14.8 Å². The van der Waals surface area contributed by atoms with Crippen LogP contribution in [0.25, 0.3) is 0 Å². The van der Waals surface area contributed by atoms with Crippen LogP contribution in [-0.4, -0.2) is 47.9 Å². The van der Waals surface area contributed by atoms with E-state index in [0.29, 0.717) is 28.3 Å². The first-order chi connectivity index (χ1) is 17.0. The number of benzene rings is 3. The van der Waals surface area contributed by atoms with Crippen LogP contribution in [0.1, 0.15) is 27.6 Å². The second kappa shape index (κ2) is 9.73. The Kier molecular flexibility index (Phi) is 6.35. The maximum absolute atomic E-state index is 13.3. The van der Waals surface area contributed by atoms with E-state index in [-0.39, 0.29) is 44.2 Å². The normalized spacial score (nSPS) is 17.8. The van der Waals surface area contributed by atoms with E-state index in [1.807, 2.05) is 0 Å². The highest BCUT2D eigenvalue weighted by molar-refractivity contribution is 6.04. The smallest absolute Gasteiger partial charge is 0.255 e. The van der Waals surface area contributed by atoms with Gasteiger partial charge in [-0.1, -0.05) is 24.3 Å². The summed E-state index contributed by atoms with van der Waals surface area (Å²) in [6.45, 7) is 0.447. The number of carbonyl (C=O) groups excluding carboxylic acids is 2. The van der Waals surface area contributed by atoms with Gasteiger partial charge >= 0.3 is 0 Å². The Morgan fingerprint density at radius 2 is 1.80 bits per heavy atom. The topological polar surface area (TPSA) is 97.3 Å². The Bertz CT molecular complexity index is 1230. The monoisotopic (exact) mass is 478 g/mol. The molecule has 5 rings (SSSR count). The third kappa shape index (κ3) is 4.96. The molecule has 3 aromatic carbocycles. The SMILES string of the molecule is O=C(Nc1ccc([C@@H](O)[C@H]2COCC(=O)N2Cc2ccc(F)cc2)cc1)c1ccc2c(c1)OCO2. The first-order valence-electron chi connectivity index (χ1n) is 11.1. The van der Waals surface area contributed by atoms with E-state index in [2.05, 4.69) is 5.32 Å². The molecule has 0 aromatic heterocycles. The summed E-state index contributed by atoms with van der Waals surface area (Å²) < 4.78 is 29.2. The van der Waals surface area contributed by atoms with Gasteiger partial charge in [0, 0.05) is 17.8 Å². The zero-order valence-electron chi connectivity index (χ0n) is 18.6. The number of hydrogen-bond acceptors (Lipinski definition) is 6. The van der Waals surface area contributed by atoms with Crippen molar-refractivity contribution in [1.29, 1.82) is 0 Å². The molecule has 2 amide bonds. The predicted octanol–water partition coefficient (Wildman–Crippen LogP) is 3.27. The maximum atomic E-state index is 13.3.